The number of benzene rings is 1. The minimum Gasteiger partial charge on any atom is -0.481 e. The van der Waals surface area contributed by atoms with Crippen molar-refractivity contribution in [3.05, 3.63) is 42.2 Å². The molecule has 0 amide bonds. The Hall–Kier alpha value is -2.30. The predicted molar refractivity (Wildman–Crippen MR) is 80.2 cm³/mol. The number of ether oxygens (including phenoxy) is 2. The second-order valence-corrected chi connectivity index (χ2v) is 5.83. The molecule has 5 heteroatoms. The van der Waals surface area contributed by atoms with Crippen LogP contribution in [0.15, 0.2) is 42.2 Å². The number of carboxylic acids is 1. The standard InChI is InChI=1S/C17H20O5/c1-4-21-16(20)13(22-11-8-6-5-7-9-11)10-12-14(15(18)19)17(12,2)3/h5-10,12,14H,4H2,1-3H3,(H,18,19)/t12-,14+/m1/s1. The van der Waals surface area contributed by atoms with E-state index in [1.165, 1.54) is 0 Å². The van der Waals surface area contributed by atoms with Crippen LogP contribution in [0.2, 0.25) is 0 Å². The van der Waals surface area contributed by atoms with Gasteiger partial charge in [0.15, 0.2) is 0 Å². The molecule has 0 aliphatic heterocycles. The normalized spacial score (nSPS) is 22.8. The summed E-state index contributed by atoms with van der Waals surface area (Å²) >= 11 is 0. The summed E-state index contributed by atoms with van der Waals surface area (Å²) in [6, 6.07) is 8.86. The van der Waals surface area contributed by atoms with Gasteiger partial charge in [0.1, 0.15) is 5.75 Å². The van der Waals surface area contributed by atoms with Crippen LogP contribution in [0.4, 0.5) is 0 Å². The number of aliphatic carboxylic acids is 1. The first-order valence-corrected chi connectivity index (χ1v) is 7.22. The first kappa shape index (κ1) is 16.1. The van der Waals surface area contributed by atoms with Crippen molar-refractivity contribution < 1.29 is 24.2 Å². The number of allylic oxidation sites excluding steroid dienone is 1. The van der Waals surface area contributed by atoms with E-state index in [4.69, 9.17) is 9.47 Å². The van der Waals surface area contributed by atoms with E-state index < -0.39 is 23.3 Å². The maximum atomic E-state index is 12.0. The topological polar surface area (TPSA) is 72.8 Å². The largest absolute Gasteiger partial charge is 0.481 e. The molecule has 0 saturated heterocycles. The maximum absolute atomic E-state index is 12.0. The summed E-state index contributed by atoms with van der Waals surface area (Å²) in [5.74, 6) is -1.68. The number of hydrogen-bond donors (Lipinski definition) is 1. The van der Waals surface area contributed by atoms with Gasteiger partial charge in [-0.1, -0.05) is 32.0 Å². The van der Waals surface area contributed by atoms with E-state index in [2.05, 4.69) is 0 Å². The lowest BCUT2D eigenvalue weighted by molar-refractivity contribution is -0.141. The molecule has 22 heavy (non-hydrogen) atoms. The summed E-state index contributed by atoms with van der Waals surface area (Å²) in [5.41, 5.74) is -0.399. The average molecular weight is 304 g/mol. The SMILES string of the molecule is CCOC(=O)C(=C[C@@H]1[C@@H](C(=O)O)C1(C)C)Oc1ccccc1. The Morgan fingerprint density at radius 1 is 1.27 bits per heavy atom. The Kier molecular flexibility index (Phi) is 4.54. The number of rotatable bonds is 6. The molecule has 1 saturated carbocycles. The van der Waals surface area contributed by atoms with Crippen LogP contribution in [-0.4, -0.2) is 23.7 Å². The summed E-state index contributed by atoms with van der Waals surface area (Å²) in [6.45, 7) is 5.65. The van der Waals surface area contributed by atoms with Crippen molar-refractivity contribution in [2.75, 3.05) is 6.61 Å². The van der Waals surface area contributed by atoms with E-state index in [0.29, 0.717) is 5.75 Å². The monoisotopic (exact) mass is 304 g/mol. The molecule has 0 bridgehead atoms. The van der Waals surface area contributed by atoms with Crippen molar-refractivity contribution in [1.29, 1.82) is 0 Å². The molecule has 0 unspecified atom stereocenters. The van der Waals surface area contributed by atoms with Crippen molar-refractivity contribution in [3.63, 3.8) is 0 Å². The third kappa shape index (κ3) is 3.30. The molecule has 0 heterocycles. The number of hydrogen-bond acceptors (Lipinski definition) is 4. The van der Waals surface area contributed by atoms with E-state index in [1.807, 2.05) is 19.9 Å². The molecule has 1 aromatic rings. The van der Waals surface area contributed by atoms with Crippen LogP contribution in [0.5, 0.6) is 5.75 Å². The third-order valence-corrected chi connectivity index (χ3v) is 3.96. The number of carbonyl (C=O) groups is 2. The molecule has 1 aliphatic rings. The van der Waals surface area contributed by atoms with Crippen LogP contribution in [0, 0.1) is 17.3 Å². The molecule has 0 spiro atoms. The molecule has 5 nitrogen and oxygen atoms in total. The van der Waals surface area contributed by atoms with Crippen molar-refractivity contribution in [2.45, 2.75) is 20.8 Å². The molecule has 1 aromatic carbocycles. The Morgan fingerprint density at radius 3 is 2.41 bits per heavy atom. The van der Waals surface area contributed by atoms with E-state index >= 15 is 0 Å². The van der Waals surface area contributed by atoms with Crippen LogP contribution in [0.3, 0.4) is 0 Å². The number of carboxylic acid groups (broad SMARTS) is 1. The molecular formula is C17H20O5. The van der Waals surface area contributed by atoms with Gasteiger partial charge in [-0.3, -0.25) is 4.79 Å². The van der Waals surface area contributed by atoms with Gasteiger partial charge in [-0.05, 0) is 30.5 Å². The predicted octanol–water partition coefficient (Wildman–Crippen LogP) is 2.87. The van der Waals surface area contributed by atoms with Crippen molar-refractivity contribution in [3.8, 4) is 5.75 Å². The molecular weight excluding hydrogens is 284 g/mol. The van der Waals surface area contributed by atoms with Crippen molar-refractivity contribution in [1.82, 2.24) is 0 Å². The van der Waals surface area contributed by atoms with E-state index in [1.54, 1.807) is 37.3 Å². The lowest BCUT2D eigenvalue weighted by atomic mass is 10.1. The van der Waals surface area contributed by atoms with Gasteiger partial charge in [-0.25, -0.2) is 4.79 Å². The number of esters is 1. The second-order valence-electron chi connectivity index (χ2n) is 5.83. The number of carbonyl (C=O) groups excluding carboxylic acids is 1. The Bertz CT molecular complexity index is 588. The van der Waals surface area contributed by atoms with Gasteiger partial charge in [-0.2, -0.15) is 0 Å². The fraction of sp³-hybridized carbons (Fsp3) is 0.412. The Labute approximate surface area is 129 Å². The van der Waals surface area contributed by atoms with Crippen molar-refractivity contribution in [2.24, 2.45) is 17.3 Å². The number of para-hydroxylation sites is 1. The second kappa shape index (κ2) is 6.22. The van der Waals surface area contributed by atoms with Crippen LogP contribution < -0.4 is 4.74 Å². The lowest BCUT2D eigenvalue weighted by Gasteiger charge is -2.09. The van der Waals surface area contributed by atoms with E-state index in [9.17, 15) is 14.7 Å². The quantitative estimate of drug-likeness (QED) is 0.497. The van der Waals surface area contributed by atoms with Crippen LogP contribution in [-0.2, 0) is 14.3 Å². The third-order valence-electron chi connectivity index (χ3n) is 3.96. The molecule has 0 radical (unpaired) electrons. The first-order valence-electron chi connectivity index (χ1n) is 7.22. The first-order chi connectivity index (χ1) is 10.4. The fourth-order valence-corrected chi connectivity index (χ4v) is 2.58. The van der Waals surface area contributed by atoms with Crippen LogP contribution in [0.1, 0.15) is 20.8 Å². The zero-order valence-corrected chi connectivity index (χ0v) is 12.9. The van der Waals surface area contributed by atoms with Gasteiger partial charge in [-0.15, -0.1) is 0 Å². The van der Waals surface area contributed by atoms with Gasteiger partial charge in [0.2, 0.25) is 5.76 Å². The zero-order chi connectivity index (χ0) is 16.3. The molecule has 2 rings (SSSR count). The molecule has 1 fully saturated rings. The molecule has 0 aromatic heterocycles. The van der Waals surface area contributed by atoms with Gasteiger partial charge in [0.25, 0.3) is 0 Å². The highest BCUT2D eigenvalue weighted by Gasteiger charge is 2.61. The summed E-state index contributed by atoms with van der Waals surface area (Å²) in [4.78, 5) is 23.3. The minimum absolute atomic E-state index is 0.0369. The zero-order valence-electron chi connectivity index (χ0n) is 12.9. The summed E-state index contributed by atoms with van der Waals surface area (Å²) < 4.78 is 10.6. The Balaban J connectivity index is 2.24. The highest BCUT2D eigenvalue weighted by molar-refractivity contribution is 5.87. The molecule has 118 valence electrons. The van der Waals surface area contributed by atoms with Gasteiger partial charge >= 0.3 is 11.9 Å². The Morgan fingerprint density at radius 2 is 1.91 bits per heavy atom. The van der Waals surface area contributed by atoms with Gasteiger partial charge < -0.3 is 14.6 Å². The van der Waals surface area contributed by atoms with Crippen molar-refractivity contribution >= 4 is 11.9 Å². The van der Waals surface area contributed by atoms with E-state index in [-0.39, 0.29) is 18.3 Å². The average Bonchev–Trinajstić information content (AvgIpc) is 3.01. The molecule has 1 aliphatic carbocycles. The summed E-state index contributed by atoms with van der Waals surface area (Å²) in [5, 5.41) is 9.22. The van der Waals surface area contributed by atoms with Crippen LogP contribution in [0.25, 0.3) is 0 Å². The smallest absolute Gasteiger partial charge is 0.373 e. The van der Waals surface area contributed by atoms with Crippen LogP contribution >= 0.6 is 0 Å². The molecule has 1 N–H and O–H groups in total. The lowest BCUT2D eigenvalue weighted by Crippen LogP contribution is -2.13. The van der Waals surface area contributed by atoms with Gasteiger partial charge in [0.05, 0.1) is 12.5 Å². The summed E-state index contributed by atoms with van der Waals surface area (Å²) in [6.07, 6.45) is 1.57. The van der Waals surface area contributed by atoms with E-state index in [0.717, 1.165) is 0 Å². The highest BCUT2D eigenvalue weighted by atomic mass is 16.6. The summed E-state index contributed by atoms with van der Waals surface area (Å²) in [7, 11) is 0. The van der Waals surface area contributed by atoms with Gasteiger partial charge in [0, 0.05) is 5.92 Å². The minimum atomic E-state index is -0.867. The maximum Gasteiger partial charge on any atom is 0.373 e. The molecule has 2 atom stereocenters. The highest BCUT2D eigenvalue weighted by Crippen LogP contribution is 2.59. The fourth-order valence-electron chi connectivity index (χ4n) is 2.58.